The predicted octanol–water partition coefficient (Wildman–Crippen LogP) is 5.62. The zero-order valence-corrected chi connectivity index (χ0v) is 21.0. The molecule has 0 bridgehead atoms. The van der Waals surface area contributed by atoms with E-state index in [1.165, 1.54) is 17.8 Å². The molecule has 9 heteroatoms. The van der Waals surface area contributed by atoms with E-state index >= 15 is 0 Å². The number of hydrogen-bond acceptors (Lipinski definition) is 7. The van der Waals surface area contributed by atoms with Gasteiger partial charge in [-0.05, 0) is 43.9 Å². The standard InChI is InChI=1S/C24H28N4O2S3/c1-2-17-7-3-4-9-28(17)23(29)12-30-18-8-5-6-16(10-18)20-14-33-22(27-20)15-31-19-11-21(24(25)26)32-13-19/h5-6,8,10-11,13-14,17H,2-4,7,9,12,15H2,1H3,(H3,25,26). The number of carbonyl (C=O) groups excluding carboxylic acids is 1. The van der Waals surface area contributed by atoms with Gasteiger partial charge < -0.3 is 15.4 Å². The van der Waals surface area contributed by atoms with Crippen LogP contribution in [0.15, 0.2) is 46.0 Å². The minimum atomic E-state index is 0.0706. The van der Waals surface area contributed by atoms with Crippen LogP contribution in [-0.4, -0.2) is 40.8 Å². The van der Waals surface area contributed by atoms with Crippen molar-refractivity contribution in [3.05, 3.63) is 51.0 Å². The van der Waals surface area contributed by atoms with Crippen molar-refractivity contribution in [2.75, 3.05) is 13.2 Å². The third kappa shape index (κ3) is 6.16. The summed E-state index contributed by atoms with van der Waals surface area (Å²) in [5.41, 5.74) is 7.43. The molecule has 174 valence electrons. The van der Waals surface area contributed by atoms with Gasteiger partial charge in [-0.2, -0.15) is 0 Å². The molecule has 33 heavy (non-hydrogen) atoms. The Bertz CT molecular complexity index is 1110. The molecule has 3 heterocycles. The molecule has 1 saturated heterocycles. The number of thiophene rings is 1. The fourth-order valence-electron chi connectivity index (χ4n) is 3.92. The molecule has 2 aromatic heterocycles. The van der Waals surface area contributed by atoms with E-state index in [9.17, 15) is 4.79 Å². The second kappa shape index (κ2) is 11.2. The number of likely N-dealkylation sites (tertiary alicyclic amines) is 1. The summed E-state index contributed by atoms with van der Waals surface area (Å²) < 4.78 is 5.86. The molecular weight excluding hydrogens is 472 g/mol. The SMILES string of the molecule is CCC1CCCCN1C(=O)COc1cccc(-c2csc(CSc3csc(C(=N)N)c3)n2)c1. The number of benzene rings is 1. The predicted molar refractivity (Wildman–Crippen MR) is 138 cm³/mol. The smallest absolute Gasteiger partial charge is 0.260 e. The number of piperidine rings is 1. The fourth-order valence-corrected chi connectivity index (χ4v) is 6.63. The van der Waals surface area contributed by atoms with Gasteiger partial charge >= 0.3 is 0 Å². The number of nitrogens with zero attached hydrogens (tertiary/aromatic N) is 2. The van der Waals surface area contributed by atoms with Crippen molar-refractivity contribution in [2.45, 2.75) is 49.3 Å². The molecule has 1 atom stereocenters. The van der Waals surface area contributed by atoms with Crippen LogP contribution in [-0.2, 0) is 10.5 Å². The molecule has 0 spiro atoms. The lowest BCUT2D eigenvalue weighted by Gasteiger charge is -2.35. The lowest BCUT2D eigenvalue weighted by Crippen LogP contribution is -2.45. The number of nitrogens with two attached hydrogens (primary N) is 1. The fraction of sp³-hybridized carbons (Fsp3) is 0.375. The van der Waals surface area contributed by atoms with E-state index in [0.717, 1.165) is 57.6 Å². The number of amides is 1. The largest absolute Gasteiger partial charge is 0.484 e. The Kier molecular flexibility index (Phi) is 8.06. The van der Waals surface area contributed by atoms with Crippen LogP contribution in [0.4, 0.5) is 0 Å². The Hall–Kier alpha value is -2.36. The summed E-state index contributed by atoms with van der Waals surface area (Å²) in [5, 5.41) is 12.6. The zero-order chi connectivity index (χ0) is 23.2. The third-order valence-electron chi connectivity index (χ3n) is 5.67. The van der Waals surface area contributed by atoms with Gasteiger partial charge in [-0.1, -0.05) is 19.1 Å². The van der Waals surface area contributed by atoms with Gasteiger partial charge in [0, 0.05) is 33.8 Å². The van der Waals surface area contributed by atoms with Crippen molar-refractivity contribution in [3.8, 4) is 17.0 Å². The molecular formula is C24H28N4O2S3. The Labute approximate surface area is 206 Å². The number of amidine groups is 1. The molecule has 3 aromatic rings. The molecule has 1 fully saturated rings. The lowest BCUT2D eigenvalue weighted by atomic mass is 10.00. The highest BCUT2D eigenvalue weighted by molar-refractivity contribution is 7.98. The van der Waals surface area contributed by atoms with Crippen molar-refractivity contribution in [1.82, 2.24) is 9.88 Å². The van der Waals surface area contributed by atoms with Crippen LogP contribution >= 0.6 is 34.4 Å². The van der Waals surface area contributed by atoms with E-state index in [1.807, 2.05) is 46.0 Å². The van der Waals surface area contributed by atoms with Crippen molar-refractivity contribution in [2.24, 2.45) is 5.73 Å². The summed E-state index contributed by atoms with van der Waals surface area (Å²) in [6.45, 7) is 3.05. The molecule has 3 N–H and O–H groups in total. The average molecular weight is 501 g/mol. The maximum Gasteiger partial charge on any atom is 0.260 e. The minimum absolute atomic E-state index is 0.0706. The van der Waals surface area contributed by atoms with E-state index in [-0.39, 0.29) is 18.3 Å². The van der Waals surface area contributed by atoms with Crippen molar-refractivity contribution in [3.63, 3.8) is 0 Å². The number of ether oxygens (including phenoxy) is 1. The molecule has 0 saturated carbocycles. The van der Waals surface area contributed by atoms with Gasteiger partial charge in [0.2, 0.25) is 0 Å². The van der Waals surface area contributed by atoms with Gasteiger partial charge in [0.25, 0.3) is 5.91 Å². The van der Waals surface area contributed by atoms with Crippen LogP contribution in [0.5, 0.6) is 5.75 Å². The van der Waals surface area contributed by atoms with Crippen LogP contribution < -0.4 is 10.5 Å². The first-order valence-corrected chi connectivity index (χ1v) is 13.8. The topological polar surface area (TPSA) is 92.3 Å². The van der Waals surface area contributed by atoms with Crippen molar-refractivity contribution in [1.29, 1.82) is 5.41 Å². The van der Waals surface area contributed by atoms with Crippen LogP contribution in [0.3, 0.4) is 0 Å². The van der Waals surface area contributed by atoms with Crippen LogP contribution in [0, 0.1) is 5.41 Å². The van der Waals surface area contributed by atoms with E-state index in [2.05, 4.69) is 6.92 Å². The molecule has 1 aliphatic rings. The molecule has 4 rings (SSSR count). The molecule has 1 aromatic carbocycles. The number of nitrogen functional groups attached to an aromatic ring is 1. The molecule has 0 aliphatic carbocycles. The molecule has 1 aliphatic heterocycles. The van der Waals surface area contributed by atoms with Crippen LogP contribution in [0.1, 0.15) is 42.5 Å². The number of nitrogens with one attached hydrogen (secondary N) is 1. The number of aromatic nitrogens is 1. The summed E-state index contributed by atoms with van der Waals surface area (Å²) in [4.78, 5) is 21.3. The molecule has 1 amide bonds. The van der Waals surface area contributed by atoms with Gasteiger partial charge in [-0.25, -0.2) is 4.98 Å². The Morgan fingerprint density at radius 2 is 2.18 bits per heavy atom. The molecule has 6 nitrogen and oxygen atoms in total. The second-order valence-electron chi connectivity index (χ2n) is 7.94. The summed E-state index contributed by atoms with van der Waals surface area (Å²) in [5.74, 6) is 1.62. The second-order valence-corrected chi connectivity index (χ2v) is 10.8. The number of carbonyl (C=O) groups is 1. The van der Waals surface area contributed by atoms with E-state index in [0.29, 0.717) is 11.8 Å². The first kappa shape index (κ1) is 23.8. The monoisotopic (exact) mass is 500 g/mol. The highest BCUT2D eigenvalue weighted by Crippen LogP contribution is 2.31. The quantitative estimate of drug-likeness (QED) is 0.226. The van der Waals surface area contributed by atoms with Gasteiger partial charge in [0.05, 0.1) is 16.3 Å². The van der Waals surface area contributed by atoms with E-state index in [4.69, 9.17) is 20.9 Å². The average Bonchev–Trinajstić information content (AvgIpc) is 3.51. The van der Waals surface area contributed by atoms with Gasteiger partial charge in [0.1, 0.15) is 16.6 Å². The normalized spacial score (nSPS) is 16.0. The minimum Gasteiger partial charge on any atom is -0.484 e. The third-order valence-corrected chi connectivity index (χ3v) is 8.80. The van der Waals surface area contributed by atoms with Gasteiger partial charge in [-0.3, -0.25) is 10.2 Å². The maximum absolute atomic E-state index is 12.7. The van der Waals surface area contributed by atoms with Crippen molar-refractivity contribution < 1.29 is 9.53 Å². The number of thiazole rings is 1. The highest BCUT2D eigenvalue weighted by atomic mass is 32.2. The van der Waals surface area contributed by atoms with Crippen LogP contribution in [0.25, 0.3) is 11.3 Å². The summed E-state index contributed by atoms with van der Waals surface area (Å²) in [6.07, 6.45) is 4.36. The maximum atomic E-state index is 12.7. The van der Waals surface area contributed by atoms with E-state index in [1.54, 1.807) is 23.1 Å². The Morgan fingerprint density at radius 3 is 2.97 bits per heavy atom. The highest BCUT2D eigenvalue weighted by Gasteiger charge is 2.25. The summed E-state index contributed by atoms with van der Waals surface area (Å²) >= 11 is 4.80. The zero-order valence-electron chi connectivity index (χ0n) is 18.6. The van der Waals surface area contributed by atoms with Gasteiger partial charge in [-0.15, -0.1) is 34.4 Å². The van der Waals surface area contributed by atoms with Crippen LogP contribution in [0.2, 0.25) is 0 Å². The molecule has 0 radical (unpaired) electrons. The number of rotatable bonds is 9. The summed E-state index contributed by atoms with van der Waals surface area (Å²) in [7, 11) is 0. The first-order valence-electron chi connectivity index (χ1n) is 11.1. The lowest BCUT2D eigenvalue weighted by molar-refractivity contribution is -0.137. The number of hydrogen-bond donors (Lipinski definition) is 2. The Morgan fingerprint density at radius 1 is 1.30 bits per heavy atom. The molecule has 1 unspecified atom stereocenters. The van der Waals surface area contributed by atoms with E-state index < -0.39 is 0 Å². The first-order chi connectivity index (χ1) is 16.0. The Balaban J connectivity index is 1.34. The van der Waals surface area contributed by atoms with Gasteiger partial charge in [0.15, 0.2) is 6.61 Å². The van der Waals surface area contributed by atoms with Crippen molar-refractivity contribution >= 4 is 46.2 Å². The number of thioether (sulfide) groups is 1. The summed E-state index contributed by atoms with van der Waals surface area (Å²) in [6, 6.07) is 10.1.